The molecule has 0 heterocycles. The molecule has 0 amide bonds. The fourth-order valence-corrected chi connectivity index (χ4v) is 7.98. The molecule has 0 spiro atoms. The van der Waals surface area contributed by atoms with Gasteiger partial charge < -0.3 is 14.2 Å². The van der Waals surface area contributed by atoms with Gasteiger partial charge in [0.05, 0.1) is 0 Å². The molecular formula is C71H112O6. The third-order valence-corrected chi connectivity index (χ3v) is 12.5. The smallest absolute Gasteiger partial charge is 0.306 e. The Morgan fingerprint density at radius 1 is 0.260 bits per heavy atom. The molecule has 0 N–H and O–H groups in total. The lowest BCUT2D eigenvalue weighted by Gasteiger charge is -2.18. The molecule has 0 saturated heterocycles. The van der Waals surface area contributed by atoms with Crippen LogP contribution in [0.4, 0.5) is 0 Å². The van der Waals surface area contributed by atoms with Gasteiger partial charge in [0.2, 0.25) is 0 Å². The molecule has 0 fully saturated rings. The van der Waals surface area contributed by atoms with Crippen molar-refractivity contribution in [3.8, 4) is 0 Å². The quantitative estimate of drug-likeness (QED) is 0.0261. The van der Waals surface area contributed by atoms with E-state index in [0.29, 0.717) is 12.8 Å². The Hall–Kier alpha value is -4.97. The van der Waals surface area contributed by atoms with Crippen LogP contribution in [0.15, 0.2) is 158 Å². The second-order valence-electron chi connectivity index (χ2n) is 19.8. The maximum Gasteiger partial charge on any atom is 0.306 e. The van der Waals surface area contributed by atoms with Crippen LogP contribution in [0.5, 0.6) is 0 Å². The molecule has 0 aromatic heterocycles. The Labute approximate surface area is 473 Å². The third kappa shape index (κ3) is 61.8. The molecule has 77 heavy (non-hydrogen) atoms. The first-order valence-electron chi connectivity index (χ1n) is 31.0. The van der Waals surface area contributed by atoms with Crippen LogP contribution < -0.4 is 0 Å². The lowest BCUT2D eigenvalue weighted by atomic mass is 10.0. The van der Waals surface area contributed by atoms with Gasteiger partial charge in [-0.3, -0.25) is 14.4 Å². The highest BCUT2D eigenvalue weighted by molar-refractivity contribution is 5.71. The van der Waals surface area contributed by atoms with Crippen molar-refractivity contribution in [3.63, 3.8) is 0 Å². The minimum atomic E-state index is -0.813. The number of unbranched alkanes of at least 4 members (excludes halogenated alkanes) is 17. The van der Waals surface area contributed by atoms with E-state index in [1.54, 1.807) is 0 Å². The predicted molar refractivity (Wildman–Crippen MR) is 334 cm³/mol. The normalized spacial score (nSPS) is 13.2. The van der Waals surface area contributed by atoms with Crippen molar-refractivity contribution in [2.75, 3.05) is 13.2 Å². The van der Waals surface area contributed by atoms with Gasteiger partial charge in [-0.15, -0.1) is 0 Å². The summed E-state index contributed by atoms with van der Waals surface area (Å²) in [6.45, 7) is 6.23. The highest BCUT2D eigenvalue weighted by Gasteiger charge is 2.19. The molecule has 0 rings (SSSR count). The second-order valence-corrected chi connectivity index (χ2v) is 19.8. The second kappa shape index (κ2) is 63.6. The number of esters is 3. The zero-order valence-electron chi connectivity index (χ0n) is 49.4. The van der Waals surface area contributed by atoms with Crippen LogP contribution in [0.2, 0.25) is 0 Å². The third-order valence-electron chi connectivity index (χ3n) is 12.5. The van der Waals surface area contributed by atoms with Gasteiger partial charge >= 0.3 is 17.9 Å². The molecular weight excluding hydrogens is 949 g/mol. The first-order chi connectivity index (χ1) is 38.0. The monoisotopic (exact) mass is 1060 g/mol. The molecule has 6 nitrogen and oxygen atoms in total. The minimum absolute atomic E-state index is 0.106. The van der Waals surface area contributed by atoms with E-state index in [-0.39, 0.29) is 37.5 Å². The molecule has 1 atom stereocenters. The van der Waals surface area contributed by atoms with Crippen molar-refractivity contribution >= 4 is 17.9 Å². The zero-order chi connectivity index (χ0) is 55.7. The molecule has 0 aliphatic carbocycles. The first kappa shape index (κ1) is 72.0. The van der Waals surface area contributed by atoms with E-state index in [1.165, 1.54) is 57.8 Å². The summed E-state index contributed by atoms with van der Waals surface area (Å²) in [6, 6.07) is 0. The Balaban J connectivity index is 4.25. The first-order valence-corrected chi connectivity index (χ1v) is 31.0. The Morgan fingerprint density at radius 2 is 0.468 bits per heavy atom. The Kier molecular flexibility index (Phi) is 59.5. The Morgan fingerprint density at radius 3 is 0.740 bits per heavy atom. The number of hydrogen-bond donors (Lipinski definition) is 0. The van der Waals surface area contributed by atoms with E-state index >= 15 is 0 Å². The topological polar surface area (TPSA) is 78.9 Å². The van der Waals surface area contributed by atoms with Crippen LogP contribution in [0.1, 0.15) is 252 Å². The molecule has 432 valence electrons. The van der Waals surface area contributed by atoms with Gasteiger partial charge in [-0.25, -0.2) is 0 Å². The average molecular weight is 1060 g/mol. The van der Waals surface area contributed by atoms with E-state index in [1.807, 2.05) is 0 Å². The van der Waals surface area contributed by atoms with Crippen molar-refractivity contribution in [2.45, 2.75) is 258 Å². The van der Waals surface area contributed by atoms with E-state index in [0.717, 1.165) is 154 Å². The summed E-state index contributed by atoms with van der Waals surface area (Å²) in [5.41, 5.74) is 0. The highest BCUT2D eigenvalue weighted by Crippen LogP contribution is 2.14. The highest BCUT2D eigenvalue weighted by atomic mass is 16.6. The van der Waals surface area contributed by atoms with Crippen molar-refractivity contribution < 1.29 is 28.6 Å². The predicted octanol–water partition coefficient (Wildman–Crippen LogP) is 21.3. The van der Waals surface area contributed by atoms with Gasteiger partial charge in [-0.1, -0.05) is 249 Å². The van der Waals surface area contributed by atoms with E-state index in [4.69, 9.17) is 14.2 Å². The summed E-state index contributed by atoms with van der Waals surface area (Å²) in [5, 5.41) is 0. The number of carbonyl (C=O) groups is 3. The van der Waals surface area contributed by atoms with Crippen LogP contribution in [-0.4, -0.2) is 37.2 Å². The molecule has 1 unspecified atom stereocenters. The summed E-state index contributed by atoms with van der Waals surface area (Å²) >= 11 is 0. The lowest BCUT2D eigenvalue weighted by Crippen LogP contribution is -2.30. The summed E-state index contributed by atoms with van der Waals surface area (Å²) in [5.74, 6) is -0.975. The van der Waals surface area contributed by atoms with Gasteiger partial charge in [0.25, 0.3) is 0 Å². The van der Waals surface area contributed by atoms with Gasteiger partial charge in [-0.05, 0) is 141 Å². The number of carbonyl (C=O) groups excluding carboxylic acids is 3. The van der Waals surface area contributed by atoms with Crippen LogP contribution in [0.25, 0.3) is 0 Å². The summed E-state index contributed by atoms with van der Waals surface area (Å²) < 4.78 is 16.8. The van der Waals surface area contributed by atoms with Crippen LogP contribution in [0.3, 0.4) is 0 Å². The molecule has 0 aromatic carbocycles. The largest absolute Gasteiger partial charge is 0.462 e. The SMILES string of the molecule is CC/C=C\C/C=C\C/C=C\C/C=C\C/C=C\C/C=C\C/C=C\CCCCCCCCCCCCCC(=O)OCC(COC(=O)CCCCC/C=C\C/C=C\C/C=C\CC)OC(=O)CCCCC/C=C\C/C=C\C/C=C\CC. The summed E-state index contributed by atoms with van der Waals surface area (Å²) in [4.78, 5) is 38.1. The van der Waals surface area contributed by atoms with Crippen molar-refractivity contribution in [3.05, 3.63) is 158 Å². The fourth-order valence-electron chi connectivity index (χ4n) is 7.98. The molecule has 0 saturated carbocycles. The maximum absolute atomic E-state index is 12.8. The average Bonchev–Trinajstić information content (AvgIpc) is 3.43. The molecule has 0 aromatic rings. The van der Waals surface area contributed by atoms with E-state index in [9.17, 15) is 14.4 Å². The maximum atomic E-state index is 12.8. The molecule has 6 heteroatoms. The lowest BCUT2D eigenvalue weighted by molar-refractivity contribution is -0.167. The van der Waals surface area contributed by atoms with Gasteiger partial charge in [0.1, 0.15) is 13.2 Å². The van der Waals surface area contributed by atoms with Crippen LogP contribution in [-0.2, 0) is 28.6 Å². The number of allylic oxidation sites excluding steroid dienone is 26. The van der Waals surface area contributed by atoms with Crippen molar-refractivity contribution in [1.29, 1.82) is 0 Å². The van der Waals surface area contributed by atoms with Crippen molar-refractivity contribution in [2.24, 2.45) is 0 Å². The van der Waals surface area contributed by atoms with Gasteiger partial charge in [0.15, 0.2) is 6.10 Å². The fraction of sp³-hybridized carbons (Fsp3) is 0.592. The summed E-state index contributed by atoms with van der Waals surface area (Å²) in [7, 11) is 0. The van der Waals surface area contributed by atoms with Crippen molar-refractivity contribution in [1.82, 2.24) is 0 Å². The van der Waals surface area contributed by atoms with Gasteiger partial charge in [-0.2, -0.15) is 0 Å². The van der Waals surface area contributed by atoms with Gasteiger partial charge in [0, 0.05) is 19.3 Å². The summed E-state index contributed by atoms with van der Waals surface area (Å²) in [6.07, 6.45) is 92.6. The van der Waals surface area contributed by atoms with Crippen LogP contribution in [0, 0.1) is 0 Å². The molecule has 0 aliphatic heterocycles. The Bertz CT molecular complexity index is 1740. The number of hydrogen-bond acceptors (Lipinski definition) is 6. The molecule has 0 radical (unpaired) electrons. The van der Waals surface area contributed by atoms with Crippen LogP contribution >= 0.6 is 0 Å². The van der Waals surface area contributed by atoms with E-state index in [2.05, 4.69) is 179 Å². The number of rotatable bonds is 54. The standard InChI is InChI=1S/C71H112O6/c1-4-7-10-13-16-19-22-25-26-27-28-29-30-31-32-33-34-35-36-37-38-39-40-41-42-43-44-47-49-52-55-58-61-64-70(73)76-67-68(77-71(74)65-62-59-56-53-50-46-24-21-18-15-12-9-6-3)66-75-69(72)63-60-57-54-51-48-45-23-20-17-14-11-8-5-2/h7-12,16-21,25-26,28-29,31-32,34-35,37-38,45-46,48,50,68H,4-6,13-15,22-24,27,30,33,36,39-44,47,49,51-67H2,1-3H3/b10-7-,11-8-,12-9-,19-16-,20-17-,21-18-,26-25-,29-28-,32-31-,35-34-,38-37-,48-45-,50-46-. The zero-order valence-corrected chi connectivity index (χ0v) is 49.4. The molecule has 0 aliphatic rings. The van der Waals surface area contributed by atoms with E-state index < -0.39 is 6.10 Å². The minimum Gasteiger partial charge on any atom is -0.462 e. The number of ether oxygens (including phenoxy) is 3. The molecule has 0 bridgehead atoms.